The first kappa shape index (κ1) is 49.0. The van der Waals surface area contributed by atoms with E-state index in [9.17, 15) is 9.59 Å². The molecule has 12 nitrogen and oxygen atoms in total. The summed E-state index contributed by atoms with van der Waals surface area (Å²) in [4.78, 5) is 62.9. The van der Waals surface area contributed by atoms with Crippen molar-refractivity contribution in [3.63, 3.8) is 0 Å². The fraction of sp³-hybridized carbons (Fsp3) is 0.0154. The van der Waals surface area contributed by atoms with Gasteiger partial charge < -0.3 is 19.9 Å². The minimum absolute atomic E-state index is 0. The van der Waals surface area contributed by atoms with Crippen molar-refractivity contribution < 1.29 is 29.1 Å². The van der Waals surface area contributed by atoms with Gasteiger partial charge in [0.1, 0.15) is 6.29 Å². The zero-order chi connectivity index (χ0) is 51.8. The van der Waals surface area contributed by atoms with Gasteiger partial charge in [0.15, 0.2) is 0 Å². The number of H-pyrrole nitrogens is 2. The molecule has 78 heavy (non-hydrogen) atoms. The molecule has 5 aromatic heterocycles. The van der Waals surface area contributed by atoms with E-state index in [2.05, 4.69) is 91.5 Å². The summed E-state index contributed by atoms with van der Waals surface area (Å²) >= 11 is 0. The summed E-state index contributed by atoms with van der Waals surface area (Å²) in [5.74, 6) is -0.256. The molecule has 0 aliphatic carbocycles. The summed E-state index contributed by atoms with van der Waals surface area (Å²) in [6.45, 7) is 0. The van der Waals surface area contributed by atoms with Gasteiger partial charge in [-0.15, -0.1) is 22.1 Å². The number of nitrogens with zero attached hydrogens (tertiary/aromatic N) is 6. The largest absolute Gasteiger partial charge is 2.00 e. The number of benzene rings is 4. The smallest absolute Gasteiger partial charge is 0.657 e. The molecule has 4 aromatic carbocycles. The number of hydrogen-bond donors (Lipinski definition) is 4. The SMILES string of the molecule is CNNC(=O)c1ccc(-c2c3nc(c(-c4ccc(/C(=C5\C=CC=N5)c5ccc[nH]5)cc4)c4ccc([n-]4)c(-c4ccc(C=O)cc4)c4nc(c(-c5ccc(/C(=C6\C=CC=N6)c6ccc[nH]6)cc5)c5ccc2[n-]5)C=C4)C=C3)cc1.[Zn+2]. The van der Waals surface area contributed by atoms with E-state index in [4.69, 9.17) is 19.9 Å². The number of rotatable bonds is 11. The van der Waals surface area contributed by atoms with Gasteiger partial charge in [-0.25, -0.2) is 15.4 Å². The van der Waals surface area contributed by atoms with Gasteiger partial charge in [0.25, 0.3) is 5.91 Å². The number of aliphatic imine (C=N–C) groups is 2. The van der Waals surface area contributed by atoms with Crippen LogP contribution in [0, 0.1) is 0 Å². The van der Waals surface area contributed by atoms with Crippen LogP contribution in [-0.2, 0) is 19.5 Å². The standard InChI is InChI=1S/C65H46N10O2.Zn/c1-66-75-65(77)46-24-22-45(23-25-46)64-57-32-30-55(73-57)62(43-18-14-41(15-19-43)59(47-6-2-34-67-47)48-7-3-35-68-48)53-28-26-51(71-53)61(40-12-10-39(38-76)11-13-40)52-27-29-54(72-52)63(56-31-33-58(64)74-56)44-20-16-42(17-21-44)60(49-8-4-36-69-49)50-9-5-37-70-50;/h2-38H,1H3,(H6,66,67,68,69,70,71,72,73,74,75,76,77);/q;+2/p-2. The number of hydrazine groups is 1. The number of aldehydes is 1. The maximum Gasteiger partial charge on any atom is 2.00 e. The molecule has 0 fully saturated rings. The molecule has 0 saturated carbocycles. The summed E-state index contributed by atoms with van der Waals surface area (Å²) in [7, 11) is 1.66. The number of hydrogen-bond acceptors (Lipinski definition) is 7. The molecule has 0 radical (unpaired) electrons. The van der Waals surface area contributed by atoms with Gasteiger partial charge >= 0.3 is 19.5 Å². The van der Waals surface area contributed by atoms with E-state index in [1.54, 1.807) is 31.6 Å². The van der Waals surface area contributed by atoms with Crippen molar-refractivity contribution in [3.8, 4) is 44.5 Å². The zero-order valence-electron chi connectivity index (χ0n) is 42.1. The number of allylic oxidation sites excluding steroid dienone is 4. The Morgan fingerprint density at radius 1 is 0.474 bits per heavy atom. The number of aromatic amines is 2. The van der Waals surface area contributed by atoms with Crippen molar-refractivity contribution in [3.05, 3.63) is 250 Å². The topological polar surface area (TPSA) is 168 Å². The molecule has 0 unspecified atom stereocenters. The van der Waals surface area contributed by atoms with E-state index < -0.39 is 0 Å². The van der Waals surface area contributed by atoms with Crippen molar-refractivity contribution >= 4 is 82.1 Å². The molecule has 9 aromatic rings. The Labute approximate surface area is 461 Å². The van der Waals surface area contributed by atoms with E-state index in [1.165, 1.54) is 0 Å². The van der Waals surface area contributed by atoms with Gasteiger partial charge in [0.2, 0.25) is 0 Å². The van der Waals surface area contributed by atoms with Crippen molar-refractivity contribution in [2.24, 2.45) is 9.98 Å². The quantitative estimate of drug-likeness (QED) is 0.0568. The Bertz CT molecular complexity index is 4120. The normalized spacial score (nSPS) is 14.3. The van der Waals surface area contributed by atoms with Gasteiger partial charge in [0.05, 0.1) is 34.2 Å². The Hall–Kier alpha value is -9.94. The third-order valence-corrected chi connectivity index (χ3v) is 13.9. The maximum absolute atomic E-state index is 13.0. The van der Waals surface area contributed by atoms with Crippen LogP contribution in [0.1, 0.15) is 66.0 Å². The van der Waals surface area contributed by atoms with Crippen LogP contribution in [0.4, 0.5) is 0 Å². The molecule has 8 bridgehead atoms. The predicted molar refractivity (Wildman–Crippen MR) is 309 cm³/mol. The van der Waals surface area contributed by atoms with Gasteiger partial charge in [-0.2, -0.15) is 0 Å². The fourth-order valence-corrected chi connectivity index (χ4v) is 10.3. The number of aromatic nitrogens is 6. The Kier molecular flexibility index (Phi) is 13.2. The summed E-state index contributed by atoms with van der Waals surface area (Å²) < 4.78 is 0. The van der Waals surface area contributed by atoms with E-state index in [1.807, 2.05) is 134 Å². The number of amides is 1. The molecule has 0 spiro atoms. The average Bonchev–Trinajstić information content (AvgIpc) is 4.39. The van der Waals surface area contributed by atoms with Crippen molar-refractivity contribution in [1.29, 1.82) is 0 Å². The van der Waals surface area contributed by atoms with Crippen LogP contribution in [0.3, 0.4) is 0 Å². The minimum atomic E-state index is -0.256. The summed E-state index contributed by atoms with van der Waals surface area (Å²) in [6.07, 6.45) is 24.3. The van der Waals surface area contributed by atoms with Crippen molar-refractivity contribution in [1.82, 2.24) is 40.8 Å². The molecule has 4 aliphatic heterocycles. The third-order valence-electron chi connectivity index (χ3n) is 13.9. The van der Waals surface area contributed by atoms with Crippen LogP contribution in [0.2, 0.25) is 0 Å². The predicted octanol–water partition coefficient (Wildman–Crippen LogP) is 12.7. The first-order valence-electron chi connectivity index (χ1n) is 25.1. The first-order chi connectivity index (χ1) is 38.0. The zero-order valence-corrected chi connectivity index (χ0v) is 45.0. The number of carbonyl (C=O) groups excluding carboxylic acids is 2. The number of nitrogens with one attached hydrogen (secondary N) is 4. The Morgan fingerprint density at radius 2 is 0.846 bits per heavy atom. The van der Waals surface area contributed by atoms with Crippen LogP contribution >= 0.6 is 0 Å². The van der Waals surface area contributed by atoms with Crippen LogP contribution < -0.4 is 20.8 Å². The molecule has 0 atom stereocenters. The third kappa shape index (κ3) is 9.13. The second-order valence-corrected chi connectivity index (χ2v) is 18.5. The van der Waals surface area contributed by atoms with E-state index in [0.717, 1.165) is 95.8 Å². The van der Waals surface area contributed by atoms with E-state index in [0.29, 0.717) is 56.0 Å². The van der Waals surface area contributed by atoms with Crippen molar-refractivity contribution in [2.45, 2.75) is 0 Å². The van der Waals surface area contributed by atoms with Crippen LogP contribution in [-0.4, -0.2) is 51.6 Å². The van der Waals surface area contributed by atoms with Gasteiger partial charge in [-0.3, -0.25) is 25.0 Å². The summed E-state index contributed by atoms with van der Waals surface area (Å²) in [5.41, 5.74) is 26.3. The molecular formula is C65H44N10O2Zn. The van der Waals surface area contributed by atoms with Gasteiger partial charge in [-0.05, 0) is 141 Å². The van der Waals surface area contributed by atoms with Gasteiger partial charge in [-0.1, -0.05) is 109 Å². The van der Waals surface area contributed by atoms with Gasteiger partial charge in [0, 0.05) is 65.5 Å². The Balaban J connectivity index is 0.00000609. The molecule has 368 valence electrons. The minimum Gasteiger partial charge on any atom is -0.657 e. The summed E-state index contributed by atoms with van der Waals surface area (Å²) in [5, 5.41) is 0. The molecule has 13 rings (SSSR count). The Morgan fingerprint density at radius 3 is 1.17 bits per heavy atom. The second-order valence-electron chi connectivity index (χ2n) is 18.5. The maximum atomic E-state index is 13.0. The summed E-state index contributed by atoms with van der Waals surface area (Å²) in [6, 6.07) is 48.1. The molecule has 1 amide bonds. The molecule has 4 N–H and O–H groups in total. The van der Waals surface area contributed by atoms with E-state index >= 15 is 0 Å². The second kappa shape index (κ2) is 21.0. The molecule has 4 aliphatic rings. The van der Waals surface area contributed by atoms with Crippen LogP contribution in [0.5, 0.6) is 0 Å². The number of carbonyl (C=O) groups is 2. The van der Waals surface area contributed by atoms with Crippen LogP contribution in [0.15, 0.2) is 204 Å². The van der Waals surface area contributed by atoms with E-state index in [-0.39, 0.29) is 25.4 Å². The fourth-order valence-electron chi connectivity index (χ4n) is 10.3. The molecule has 13 heteroatoms. The van der Waals surface area contributed by atoms with Crippen molar-refractivity contribution in [2.75, 3.05) is 7.05 Å². The monoisotopic (exact) mass is 1060 g/mol. The number of fused-ring (bicyclic) bond motifs is 8. The first-order valence-corrected chi connectivity index (χ1v) is 25.1. The average molecular weight is 1060 g/mol. The molecule has 9 heterocycles. The molecular weight excluding hydrogens is 1020 g/mol. The molecule has 0 saturated heterocycles. The van der Waals surface area contributed by atoms with Crippen LogP contribution in [0.25, 0.3) is 102 Å².